The van der Waals surface area contributed by atoms with E-state index in [9.17, 15) is 19.8 Å². The van der Waals surface area contributed by atoms with Gasteiger partial charge in [0.1, 0.15) is 5.56 Å². The Kier molecular flexibility index (Phi) is 3.83. The van der Waals surface area contributed by atoms with Crippen LogP contribution in [0.4, 0.5) is 0 Å². The number of carbonyl (C=O) groups excluding carboxylic acids is 1. The number of benzene rings is 1. The van der Waals surface area contributed by atoms with Crippen molar-refractivity contribution in [3.63, 3.8) is 0 Å². The number of aryl methyl sites for hydroxylation is 1. The van der Waals surface area contributed by atoms with Gasteiger partial charge in [0.25, 0.3) is 5.91 Å². The summed E-state index contributed by atoms with van der Waals surface area (Å²) >= 11 is 5.96. The van der Waals surface area contributed by atoms with E-state index in [0.29, 0.717) is 5.52 Å². The van der Waals surface area contributed by atoms with Crippen LogP contribution >= 0.6 is 11.6 Å². The Hall–Kier alpha value is -2.21. The van der Waals surface area contributed by atoms with Crippen LogP contribution in [0.5, 0.6) is 11.5 Å². The maximum atomic E-state index is 12.5. The average Bonchev–Trinajstić information content (AvgIpc) is 2.37. The summed E-state index contributed by atoms with van der Waals surface area (Å²) < 4.78 is 1.50. The highest BCUT2D eigenvalue weighted by Gasteiger charge is 2.22. The van der Waals surface area contributed by atoms with Crippen LogP contribution in [-0.4, -0.2) is 26.2 Å². The second-order valence-corrected chi connectivity index (χ2v) is 6.52. The molecule has 0 saturated heterocycles. The van der Waals surface area contributed by atoms with E-state index < -0.39 is 28.4 Å². The summed E-state index contributed by atoms with van der Waals surface area (Å²) in [4.78, 5) is 24.8. The minimum absolute atomic E-state index is 0.0129. The molecule has 0 bridgehead atoms. The molecule has 2 aromatic rings. The van der Waals surface area contributed by atoms with Gasteiger partial charge < -0.3 is 20.1 Å². The number of aromatic nitrogens is 1. The van der Waals surface area contributed by atoms with Gasteiger partial charge in [0.05, 0.1) is 15.9 Å². The Labute approximate surface area is 131 Å². The second kappa shape index (κ2) is 5.21. The highest BCUT2D eigenvalue weighted by molar-refractivity contribution is 6.37. The summed E-state index contributed by atoms with van der Waals surface area (Å²) in [5, 5.41) is 21.7. The lowest BCUT2D eigenvalue weighted by Crippen LogP contribution is -2.42. The zero-order valence-corrected chi connectivity index (χ0v) is 13.4. The van der Waals surface area contributed by atoms with E-state index in [1.165, 1.54) is 16.8 Å². The summed E-state index contributed by atoms with van der Waals surface area (Å²) in [6, 6.07) is 1.23. The fourth-order valence-electron chi connectivity index (χ4n) is 2.13. The third-order valence-corrected chi connectivity index (χ3v) is 3.48. The number of amides is 1. The van der Waals surface area contributed by atoms with E-state index in [4.69, 9.17) is 11.6 Å². The van der Waals surface area contributed by atoms with Gasteiger partial charge in [-0.1, -0.05) is 11.6 Å². The largest absolute Gasteiger partial charge is 0.504 e. The second-order valence-electron chi connectivity index (χ2n) is 6.14. The molecule has 1 amide bonds. The Bertz CT molecular complexity index is 834. The molecule has 0 aliphatic rings. The molecule has 0 spiro atoms. The molecule has 1 aromatic carbocycles. The minimum atomic E-state index is -0.602. The normalized spacial score (nSPS) is 11.7. The fourth-order valence-corrected chi connectivity index (χ4v) is 2.41. The molecular weight excluding hydrogens is 308 g/mol. The first-order valence-corrected chi connectivity index (χ1v) is 6.97. The van der Waals surface area contributed by atoms with Gasteiger partial charge in [0.2, 0.25) is 5.43 Å². The Morgan fingerprint density at radius 3 is 2.45 bits per heavy atom. The number of phenols is 2. The lowest BCUT2D eigenvalue weighted by atomic mass is 10.1. The SMILES string of the molecule is Cn1cc(C(=O)NC(C)(C)C)c(=O)c2c(Cl)c(O)c(O)cc21. The number of aromatic hydroxyl groups is 2. The number of nitrogens with one attached hydrogen (secondary N) is 1. The van der Waals surface area contributed by atoms with Crippen LogP contribution in [0.15, 0.2) is 17.1 Å². The molecule has 0 fully saturated rings. The number of nitrogens with zero attached hydrogens (tertiary/aromatic N) is 1. The van der Waals surface area contributed by atoms with E-state index in [1.54, 1.807) is 27.8 Å². The lowest BCUT2D eigenvalue weighted by molar-refractivity contribution is 0.0918. The Morgan fingerprint density at radius 2 is 1.91 bits per heavy atom. The first-order valence-electron chi connectivity index (χ1n) is 6.59. The number of rotatable bonds is 1. The molecule has 1 aromatic heterocycles. The van der Waals surface area contributed by atoms with Crippen LogP contribution in [0.3, 0.4) is 0 Å². The first-order chi connectivity index (χ1) is 10.0. The molecule has 2 rings (SSSR count). The monoisotopic (exact) mass is 324 g/mol. The molecule has 1 heterocycles. The van der Waals surface area contributed by atoms with Crippen molar-refractivity contribution in [2.45, 2.75) is 26.3 Å². The number of fused-ring (bicyclic) bond motifs is 1. The van der Waals surface area contributed by atoms with Crippen molar-refractivity contribution >= 4 is 28.4 Å². The summed E-state index contributed by atoms with van der Waals surface area (Å²) in [6.07, 6.45) is 1.37. The van der Waals surface area contributed by atoms with Crippen molar-refractivity contribution in [1.29, 1.82) is 0 Å². The summed E-state index contributed by atoms with van der Waals surface area (Å²) in [7, 11) is 1.61. The molecule has 0 radical (unpaired) electrons. The van der Waals surface area contributed by atoms with Crippen LogP contribution in [0.25, 0.3) is 10.9 Å². The van der Waals surface area contributed by atoms with Gasteiger partial charge in [-0.05, 0) is 20.8 Å². The molecule has 0 saturated carbocycles. The third kappa shape index (κ3) is 2.74. The minimum Gasteiger partial charge on any atom is -0.504 e. The van der Waals surface area contributed by atoms with Gasteiger partial charge in [0.15, 0.2) is 11.5 Å². The fraction of sp³-hybridized carbons (Fsp3) is 0.333. The number of halogens is 1. The van der Waals surface area contributed by atoms with Crippen molar-refractivity contribution in [3.05, 3.63) is 33.1 Å². The highest BCUT2D eigenvalue weighted by atomic mass is 35.5. The van der Waals surface area contributed by atoms with Crippen molar-refractivity contribution in [2.75, 3.05) is 0 Å². The Balaban J connectivity index is 2.78. The quantitative estimate of drug-likeness (QED) is 0.701. The van der Waals surface area contributed by atoms with E-state index in [-0.39, 0.29) is 16.0 Å². The van der Waals surface area contributed by atoms with Crippen molar-refractivity contribution in [2.24, 2.45) is 7.05 Å². The van der Waals surface area contributed by atoms with Gasteiger partial charge in [-0.25, -0.2) is 0 Å². The predicted octanol–water partition coefficient (Wildman–Crippen LogP) is 2.13. The smallest absolute Gasteiger partial charge is 0.257 e. The zero-order valence-electron chi connectivity index (χ0n) is 12.7. The Morgan fingerprint density at radius 1 is 1.32 bits per heavy atom. The third-order valence-electron chi connectivity index (χ3n) is 3.11. The number of carbonyl (C=O) groups is 1. The maximum absolute atomic E-state index is 12.5. The summed E-state index contributed by atoms with van der Waals surface area (Å²) in [5.41, 5.74) is -0.873. The average molecular weight is 325 g/mol. The van der Waals surface area contributed by atoms with Gasteiger partial charge >= 0.3 is 0 Å². The summed E-state index contributed by atoms with van der Waals surface area (Å²) in [6.45, 7) is 5.40. The zero-order chi connectivity index (χ0) is 16.8. The number of hydrogen-bond acceptors (Lipinski definition) is 4. The molecule has 0 aliphatic carbocycles. The van der Waals surface area contributed by atoms with Crippen molar-refractivity contribution in [1.82, 2.24) is 9.88 Å². The van der Waals surface area contributed by atoms with Gasteiger partial charge in [0, 0.05) is 24.8 Å². The molecule has 0 unspecified atom stereocenters. The molecule has 118 valence electrons. The highest BCUT2D eigenvalue weighted by Crippen LogP contribution is 2.37. The van der Waals surface area contributed by atoms with Crippen LogP contribution in [0.1, 0.15) is 31.1 Å². The van der Waals surface area contributed by atoms with Gasteiger partial charge in [-0.2, -0.15) is 0 Å². The molecule has 0 aliphatic heterocycles. The molecule has 6 nitrogen and oxygen atoms in total. The molecule has 22 heavy (non-hydrogen) atoms. The first kappa shape index (κ1) is 16.2. The van der Waals surface area contributed by atoms with E-state index >= 15 is 0 Å². The molecule has 3 N–H and O–H groups in total. The molecule has 0 atom stereocenters. The lowest BCUT2D eigenvalue weighted by Gasteiger charge is -2.21. The van der Waals surface area contributed by atoms with E-state index in [2.05, 4.69) is 5.32 Å². The molecular formula is C15H17ClN2O4. The standard InChI is InChI=1S/C15H17ClN2O4/c1-15(2,3)17-14(22)7-6-18(4)8-5-9(19)13(21)11(16)10(8)12(7)20/h5-6,19,21H,1-4H3,(H,17,22). The van der Waals surface area contributed by atoms with E-state index in [0.717, 1.165) is 0 Å². The van der Waals surface area contributed by atoms with Crippen LogP contribution in [0.2, 0.25) is 5.02 Å². The number of phenolic OH excluding ortho intramolecular Hbond substituents is 2. The van der Waals surface area contributed by atoms with E-state index in [1.807, 2.05) is 0 Å². The van der Waals surface area contributed by atoms with Crippen molar-refractivity contribution < 1.29 is 15.0 Å². The number of hydrogen-bond donors (Lipinski definition) is 3. The van der Waals surface area contributed by atoms with Crippen LogP contribution < -0.4 is 10.7 Å². The molecule has 7 heteroatoms. The van der Waals surface area contributed by atoms with Crippen molar-refractivity contribution in [3.8, 4) is 11.5 Å². The van der Waals surface area contributed by atoms with Crippen LogP contribution in [-0.2, 0) is 7.05 Å². The van der Waals surface area contributed by atoms with Gasteiger partial charge in [-0.15, -0.1) is 0 Å². The predicted molar refractivity (Wildman–Crippen MR) is 84.7 cm³/mol. The maximum Gasteiger partial charge on any atom is 0.257 e. The number of pyridine rings is 1. The van der Waals surface area contributed by atoms with Gasteiger partial charge in [-0.3, -0.25) is 9.59 Å². The van der Waals surface area contributed by atoms with Crippen LogP contribution in [0, 0.1) is 0 Å². The topological polar surface area (TPSA) is 91.6 Å². The summed E-state index contributed by atoms with van der Waals surface area (Å²) in [5.74, 6) is -1.54.